The van der Waals surface area contributed by atoms with Crippen LogP contribution in [0, 0.1) is 17.8 Å². The van der Waals surface area contributed by atoms with Crippen LogP contribution in [0.2, 0.25) is 0 Å². The first-order chi connectivity index (χ1) is 18.5. The number of allylic oxidation sites excluding steroid dienone is 2. The van der Waals surface area contributed by atoms with Crippen molar-refractivity contribution in [1.29, 1.82) is 0 Å². The van der Waals surface area contributed by atoms with Gasteiger partial charge in [0.1, 0.15) is 18.1 Å². The summed E-state index contributed by atoms with van der Waals surface area (Å²) in [7, 11) is 1.18. The average molecular weight is 520 g/mol. The first kappa shape index (κ1) is 26.1. The van der Waals surface area contributed by atoms with Crippen LogP contribution in [0.3, 0.4) is 0 Å². The molecule has 0 spiro atoms. The van der Waals surface area contributed by atoms with E-state index in [1.165, 1.54) is 12.7 Å². The molecule has 2 saturated heterocycles. The number of carbonyl (C=O) groups excluding carboxylic acids is 3. The zero-order valence-electron chi connectivity index (χ0n) is 21.7. The molecule has 2 fully saturated rings. The van der Waals surface area contributed by atoms with Gasteiger partial charge in [-0.1, -0.05) is 49.2 Å². The molecule has 8 nitrogen and oxygen atoms in total. The van der Waals surface area contributed by atoms with Gasteiger partial charge in [0.2, 0.25) is 11.8 Å². The van der Waals surface area contributed by atoms with Crippen molar-refractivity contribution >= 4 is 29.6 Å². The number of fused-ring (bicyclic) bond motifs is 3. The molecule has 1 aromatic carbocycles. The third kappa shape index (κ3) is 4.74. The molecule has 200 valence electrons. The molecule has 0 bridgehead atoms. The van der Waals surface area contributed by atoms with Gasteiger partial charge < -0.3 is 19.0 Å². The summed E-state index contributed by atoms with van der Waals surface area (Å²) in [6, 6.07) is 13.7. The summed E-state index contributed by atoms with van der Waals surface area (Å²) in [5, 5.41) is 9.38. The molecule has 4 atom stereocenters. The number of imide groups is 3. The van der Waals surface area contributed by atoms with Crippen molar-refractivity contribution in [2.24, 2.45) is 17.8 Å². The zero-order valence-corrected chi connectivity index (χ0v) is 21.7. The highest BCUT2D eigenvalue weighted by atomic mass is 16.5. The van der Waals surface area contributed by atoms with Gasteiger partial charge in [-0.25, -0.2) is 4.79 Å². The highest BCUT2D eigenvalue weighted by Crippen LogP contribution is 2.51. The van der Waals surface area contributed by atoms with Crippen LogP contribution in [-0.4, -0.2) is 47.7 Å². The molecule has 1 N–H and O–H groups in total. The van der Waals surface area contributed by atoms with E-state index in [4.69, 9.17) is 13.9 Å². The highest BCUT2D eigenvalue weighted by molar-refractivity contribution is 6.16. The molecule has 38 heavy (non-hydrogen) atoms. The maximum Gasteiger partial charge on any atom is 0.423 e. The SMILES string of the molecule is CCCC1=C2[C@@H](CC/C(=C/c3ccc(CO)o3)c3ccccc3)OC[C@@H]2[C@@H]2C(=O)N(C(=O)OC)C(=O)[C@@H]2C1. The fraction of sp³-hybridized carbons (Fsp3) is 0.433. The lowest BCUT2D eigenvalue weighted by atomic mass is 9.68. The Balaban J connectivity index is 1.42. The number of methoxy groups -OCH3 is 1. The summed E-state index contributed by atoms with van der Waals surface area (Å²) in [6.07, 6.45) is 4.53. The van der Waals surface area contributed by atoms with Gasteiger partial charge in [-0.2, -0.15) is 4.90 Å². The predicted octanol–water partition coefficient (Wildman–Crippen LogP) is 4.98. The zero-order chi connectivity index (χ0) is 26.8. The Kier molecular flexibility index (Phi) is 7.63. The van der Waals surface area contributed by atoms with Crippen molar-refractivity contribution in [2.45, 2.75) is 51.7 Å². The van der Waals surface area contributed by atoms with E-state index in [-0.39, 0.29) is 18.6 Å². The molecule has 2 aromatic rings. The van der Waals surface area contributed by atoms with Crippen LogP contribution in [0.1, 0.15) is 56.1 Å². The molecule has 3 aliphatic rings. The van der Waals surface area contributed by atoms with Gasteiger partial charge in [0, 0.05) is 5.92 Å². The summed E-state index contributed by atoms with van der Waals surface area (Å²) >= 11 is 0. The molecule has 1 aromatic heterocycles. The maximum absolute atomic E-state index is 13.2. The molecular formula is C30H33NO7. The number of furan rings is 1. The molecule has 0 radical (unpaired) electrons. The Morgan fingerprint density at radius 3 is 2.61 bits per heavy atom. The van der Waals surface area contributed by atoms with Crippen LogP contribution in [0.4, 0.5) is 4.79 Å². The van der Waals surface area contributed by atoms with Gasteiger partial charge in [0.05, 0.1) is 31.7 Å². The minimum Gasteiger partial charge on any atom is -0.459 e. The lowest BCUT2D eigenvalue weighted by molar-refractivity contribution is -0.137. The van der Waals surface area contributed by atoms with Crippen molar-refractivity contribution in [3.05, 3.63) is 70.7 Å². The van der Waals surface area contributed by atoms with Gasteiger partial charge in [-0.3, -0.25) is 9.59 Å². The number of likely N-dealkylation sites (tertiary alicyclic amines) is 1. The number of rotatable bonds is 8. The van der Waals surface area contributed by atoms with E-state index in [0.29, 0.717) is 42.3 Å². The summed E-state index contributed by atoms with van der Waals surface area (Å²) in [6.45, 7) is 2.30. The fourth-order valence-electron chi connectivity index (χ4n) is 6.25. The Bertz CT molecular complexity index is 1270. The van der Waals surface area contributed by atoms with Gasteiger partial charge in [0.25, 0.3) is 0 Å². The molecule has 8 heteroatoms. The highest BCUT2D eigenvalue weighted by Gasteiger charge is 2.58. The molecule has 0 unspecified atom stereocenters. The van der Waals surface area contributed by atoms with Crippen molar-refractivity contribution in [3.8, 4) is 0 Å². The standard InChI is InChI=1S/C30H33NO7/c1-3-7-20-15-23-27(29(34)31(28(23)33)30(35)36-2)24-17-37-25(26(20)24)13-10-19(18-8-5-4-6-9-18)14-21-11-12-22(16-32)38-21/h4-6,8-9,11-12,14,23-25,27,32H,3,7,10,13,15-17H2,1-2H3/b19-14-/t23-,24+,25-,27-/m1/s1. The molecular weight excluding hydrogens is 486 g/mol. The number of hydrogen-bond donors (Lipinski definition) is 1. The van der Waals surface area contributed by atoms with Crippen LogP contribution in [0.25, 0.3) is 11.6 Å². The van der Waals surface area contributed by atoms with E-state index in [0.717, 1.165) is 29.6 Å². The number of carbonyl (C=O) groups is 3. The van der Waals surface area contributed by atoms with Crippen molar-refractivity contribution < 1.29 is 33.4 Å². The van der Waals surface area contributed by atoms with Crippen LogP contribution in [0.5, 0.6) is 0 Å². The number of aliphatic hydroxyl groups is 1. The number of hydrogen-bond acceptors (Lipinski definition) is 7. The first-order valence-electron chi connectivity index (χ1n) is 13.2. The quantitative estimate of drug-likeness (QED) is 0.387. The third-order valence-corrected chi connectivity index (χ3v) is 7.89. The molecule has 2 aliphatic heterocycles. The molecule has 3 heterocycles. The van der Waals surface area contributed by atoms with Crippen molar-refractivity contribution in [1.82, 2.24) is 4.90 Å². The van der Waals surface area contributed by atoms with Gasteiger partial charge in [-0.15, -0.1) is 0 Å². The van der Waals surface area contributed by atoms with E-state index in [1.807, 2.05) is 30.3 Å². The summed E-state index contributed by atoms with van der Waals surface area (Å²) in [5.41, 5.74) is 4.46. The van der Waals surface area contributed by atoms with Gasteiger partial charge >= 0.3 is 6.09 Å². The Morgan fingerprint density at radius 1 is 1.13 bits per heavy atom. The first-order valence-corrected chi connectivity index (χ1v) is 13.2. The normalized spacial score (nSPS) is 25.1. The maximum atomic E-state index is 13.2. The second-order valence-corrected chi connectivity index (χ2v) is 10.1. The van der Waals surface area contributed by atoms with Gasteiger partial charge in [-0.05, 0) is 60.6 Å². The Hall–Kier alpha value is -3.49. The second-order valence-electron chi connectivity index (χ2n) is 10.1. The molecule has 3 amide bonds. The monoisotopic (exact) mass is 519 g/mol. The smallest absolute Gasteiger partial charge is 0.423 e. The Labute approximate surface area is 221 Å². The number of benzene rings is 1. The van der Waals surface area contributed by atoms with Crippen LogP contribution < -0.4 is 0 Å². The summed E-state index contributed by atoms with van der Waals surface area (Å²) in [5.74, 6) is -1.11. The number of amides is 3. The van der Waals surface area contributed by atoms with Crippen LogP contribution >= 0.6 is 0 Å². The second kappa shape index (κ2) is 11.1. The van der Waals surface area contributed by atoms with E-state index < -0.39 is 29.7 Å². The number of nitrogens with zero attached hydrogens (tertiary/aromatic N) is 1. The van der Waals surface area contributed by atoms with E-state index >= 15 is 0 Å². The third-order valence-electron chi connectivity index (χ3n) is 7.89. The van der Waals surface area contributed by atoms with E-state index in [2.05, 4.69) is 19.1 Å². The predicted molar refractivity (Wildman–Crippen MR) is 139 cm³/mol. The minimum atomic E-state index is -0.914. The summed E-state index contributed by atoms with van der Waals surface area (Å²) < 4.78 is 16.8. The van der Waals surface area contributed by atoms with Crippen molar-refractivity contribution in [3.63, 3.8) is 0 Å². The largest absolute Gasteiger partial charge is 0.459 e. The molecule has 0 saturated carbocycles. The lowest BCUT2D eigenvalue weighted by Gasteiger charge is -2.32. The van der Waals surface area contributed by atoms with Gasteiger partial charge in [0.15, 0.2) is 0 Å². The number of aliphatic hydroxyl groups excluding tert-OH is 1. The molecule has 1 aliphatic carbocycles. The van der Waals surface area contributed by atoms with Crippen LogP contribution in [-0.2, 0) is 25.7 Å². The Morgan fingerprint density at radius 2 is 1.92 bits per heavy atom. The minimum absolute atomic E-state index is 0.156. The average Bonchev–Trinajstić information content (AvgIpc) is 3.63. The van der Waals surface area contributed by atoms with E-state index in [9.17, 15) is 19.5 Å². The van der Waals surface area contributed by atoms with Crippen molar-refractivity contribution in [2.75, 3.05) is 13.7 Å². The topological polar surface area (TPSA) is 106 Å². The number of ether oxygens (including phenoxy) is 2. The lowest BCUT2D eigenvalue weighted by Crippen LogP contribution is -2.38. The van der Waals surface area contributed by atoms with E-state index in [1.54, 1.807) is 6.07 Å². The van der Waals surface area contributed by atoms with Crippen LogP contribution in [0.15, 0.2) is 58.0 Å². The fourth-order valence-corrected chi connectivity index (χ4v) is 6.25. The molecule has 5 rings (SSSR count). The summed E-state index contributed by atoms with van der Waals surface area (Å²) in [4.78, 5) is 39.2.